The summed E-state index contributed by atoms with van der Waals surface area (Å²) in [6, 6.07) is 7.01. The first kappa shape index (κ1) is 18.7. The highest BCUT2D eigenvalue weighted by atomic mass is 32.2. The van der Waals surface area contributed by atoms with E-state index in [0.717, 1.165) is 6.26 Å². The second kappa shape index (κ2) is 7.53. The molecule has 1 aromatic carbocycles. The summed E-state index contributed by atoms with van der Waals surface area (Å²) < 4.78 is 39.2. The highest BCUT2D eigenvalue weighted by molar-refractivity contribution is 7.88. The molecule has 8 nitrogen and oxygen atoms in total. The third kappa shape index (κ3) is 4.94. The summed E-state index contributed by atoms with van der Waals surface area (Å²) in [6.07, 6.45) is 0.990. The fourth-order valence-corrected chi connectivity index (χ4v) is 2.54. The van der Waals surface area contributed by atoms with Crippen LogP contribution in [0.2, 0.25) is 0 Å². The van der Waals surface area contributed by atoms with E-state index in [2.05, 4.69) is 15.1 Å². The van der Waals surface area contributed by atoms with E-state index in [1.807, 2.05) is 0 Å². The van der Waals surface area contributed by atoms with E-state index >= 15 is 0 Å². The van der Waals surface area contributed by atoms with Crippen LogP contribution in [0.3, 0.4) is 0 Å². The Kier molecular flexibility index (Phi) is 5.65. The third-order valence-electron chi connectivity index (χ3n) is 3.18. The quantitative estimate of drug-likeness (QED) is 0.695. The maximum absolute atomic E-state index is 13.9. The number of benzene rings is 1. The summed E-state index contributed by atoms with van der Waals surface area (Å²) in [4.78, 5) is 24.1. The predicted molar refractivity (Wildman–Crippen MR) is 89.7 cm³/mol. The van der Waals surface area contributed by atoms with Crippen molar-refractivity contribution in [2.45, 2.75) is 6.92 Å². The van der Waals surface area contributed by atoms with Gasteiger partial charge in [0.25, 0.3) is 5.91 Å². The van der Waals surface area contributed by atoms with E-state index in [9.17, 15) is 22.4 Å². The molecule has 0 aliphatic heterocycles. The molecular weight excluding hydrogens is 351 g/mol. The summed E-state index contributed by atoms with van der Waals surface area (Å²) >= 11 is 0. The molecule has 2 N–H and O–H groups in total. The van der Waals surface area contributed by atoms with Crippen LogP contribution >= 0.6 is 0 Å². The molecule has 25 heavy (non-hydrogen) atoms. The molecule has 1 amide bonds. The molecule has 0 unspecified atom stereocenters. The zero-order chi connectivity index (χ0) is 18.6. The molecule has 1 heterocycles. The summed E-state index contributed by atoms with van der Waals surface area (Å²) in [5.74, 6) is -1.32. The van der Waals surface area contributed by atoms with Crippen molar-refractivity contribution >= 4 is 15.9 Å². The van der Waals surface area contributed by atoms with Crippen molar-refractivity contribution in [3.63, 3.8) is 0 Å². The first-order valence-electron chi connectivity index (χ1n) is 7.28. The van der Waals surface area contributed by atoms with Crippen LogP contribution in [0.1, 0.15) is 16.2 Å². The van der Waals surface area contributed by atoms with Crippen LogP contribution in [-0.2, 0) is 10.0 Å². The average molecular weight is 368 g/mol. The van der Waals surface area contributed by atoms with Crippen LogP contribution < -0.4 is 15.5 Å². The van der Waals surface area contributed by atoms with Gasteiger partial charge in [-0.15, -0.1) is 0 Å². The Bertz CT molecular complexity index is 956. The van der Waals surface area contributed by atoms with E-state index in [4.69, 9.17) is 0 Å². The second-order valence-electron chi connectivity index (χ2n) is 5.28. The number of rotatable bonds is 6. The van der Waals surface area contributed by atoms with Crippen molar-refractivity contribution in [2.75, 3.05) is 19.3 Å². The van der Waals surface area contributed by atoms with Gasteiger partial charge in [0.15, 0.2) is 5.69 Å². The van der Waals surface area contributed by atoms with Crippen LogP contribution in [-0.4, -0.2) is 43.5 Å². The zero-order valence-corrected chi connectivity index (χ0v) is 14.4. The maximum atomic E-state index is 13.9. The van der Waals surface area contributed by atoms with Gasteiger partial charge in [0.1, 0.15) is 11.5 Å². The monoisotopic (exact) mass is 368 g/mol. The number of para-hydroxylation sites is 1. The highest BCUT2D eigenvalue weighted by Crippen LogP contribution is 2.12. The Morgan fingerprint density at radius 3 is 2.60 bits per heavy atom. The molecule has 0 bridgehead atoms. The highest BCUT2D eigenvalue weighted by Gasteiger charge is 2.16. The number of carbonyl (C=O) groups excluding carboxylic acids is 1. The van der Waals surface area contributed by atoms with Crippen LogP contribution in [0.25, 0.3) is 5.69 Å². The topological polar surface area (TPSA) is 110 Å². The largest absolute Gasteiger partial charge is 0.349 e. The van der Waals surface area contributed by atoms with Crippen molar-refractivity contribution in [2.24, 2.45) is 0 Å². The molecule has 0 fully saturated rings. The normalized spacial score (nSPS) is 11.3. The Morgan fingerprint density at radius 1 is 1.28 bits per heavy atom. The minimum Gasteiger partial charge on any atom is -0.349 e. The van der Waals surface area contributed by atoms with Crippen molar-refractivity contribution in [1.29, 1.82) is 0 Å². The lowest BCUT2D eigenvalue weighted by Crippen LogP contribution is -2.37. The van der Waals surface area contributed by atoms with E-state index in [-0.39, 0.29) is 18.8 Å². The number of hydrogen-bond acceptors (Lipinski definition) is 5. The lowest BCUT2D eigenvalue weighted by atomic mass is 10.2. The standard InChI is InChI=1S/C15H17FN4O4S/c1-10-9-13(21)14(15(22)17-7-8-18-25(2,23)24)19-20(10)12-6-4-3-5-11(12)16/h3-6,9,18H,7-8H2,1-2H3,(H,17,22). The fourth-order valence-electron chi connectivity index (χ4n) is 2.07. The molecule has 2 rings (SSSR count). The minimum absolute atomic E-state index is 0.0272. The summed E-state index contributed by atoms with van der Waals surface area (Å²) in [6.45, 7) is 1.51. The molecule has 2 aromatic rings. The van der Waals surface area contributed by atoms with Crippen molar-refractivity contribution < 1.29 is 17.6 Å². The molecule has 0 saturated carbocycles. The molecule has 1 aromatic heterocycles. The van der Waals surface area contributed by atoms with Gasteiger partial charge in [-0.2, -0.15) is 5.10 Å². The lowest BCUT2D eigenvalue weighted by Gasteiger charge is -2.12. The van der Waals surface area contributed by atoms with E-state index in [0.29, 0.717) is 5.69 Å². The van der Waals surface area contributed by atoms with Gasteiger partial charge in [-0.05, 0) is 19.1 Å². The first-order valence-corrected chi connectivity index (χ1v) is 9.17. The van der Waals surface area contributed by atoms with Gasteiger partial charge in [0.05, 0.1) is 6.26 Å². The smallest absolute Gasteiger partial charge is 0.275 e. The molecule has 0 spiro atoms. The number of nitrogens with one attached hydrogen (secondary N) is 2. The number of carbonyl (C=O) groups is 1. The number of aryl methyl sites for hydroxylation is 1. The van der Waals surface area contributed by atoms with E-state index < -0.39 is 32.9 Å². The number of sulfonamides is 1. The Hall–Kier alpha value is -2.59. The molecule has 0 saturated heterocycles. The fraction of sp³-hybridized carbons (Fsp3) is 0.267. The minimum atomic E-state index is -3.37. The molecule has 0 atom stereocenters. The Balaban J connectivity index is 2.24. The summed E-state index contributed by atoms with van der Waals surface area (Å²) in [5.41, 5.74) is -0.551. The first-order chi connectivity index (χ1) is 11.7. The number of hydrogen-bond donors (Lipinski definition) is 2. The molecule has 0 radical (unpaired) electrons. The van der Waals surface area contributed by atoms with Crippen molar-refractivity contribution in [3.8, 4) is 5.69 Å². The number of amides is 1. The van der Waals surface area contributed by atoms with Gasteiger partial charge in [0, 0.05) is 24.8 Å². The van der Waals surface area contributed by atoms with Gasteiger partial charge in [0.2, 0.25) is 15.5 Å². The van der Waals surface area contributed by atoms with Crippen LogP contribution in [0.15, 0.2) is 35.1 Å². The van der Waals surface area contributed by atoms with Gasteiger partial charge >= 0.3 is 0 Å². The van der Waals surface area contributed by atoms with Gasteiger partial charge in [-0.1, -0.05) is 12.1 Å². The molecular formula is C15H17FN4O4S. The summed E-state index contributed by atoms with van der Waals surface area (Å²) in [7, 11) is -3.37. The molecule has 0 aliphatic rings. The second-order valence-corrected chi connectivity index (χ2v) is 7.12. The van der Waals surface area contributed by atoms with Gasteiger partial charge in [-0.3, -0.25) is 9.59 Å². The Labute approximate surface area is 143 Å². The molecule has 10 heteroatoms. The van der Waals surface area contributed by atoms with Crippen LogP contribution in [0.4, 0.5) is 4.39 Å². The van der Waals surface area contributed by atoms with Gasteiger partial charge < -0.3 is 5.32 Å². The summed E-state index contributed by atoms with van der Waals surface area (Å²) in [5, 5.41) is 6.33. The number of aromatic nitrogens is 2. The van der Waals surface area contributed by atoms with Crippen LogP contribution in [0, 0.1) is 12.7 Å². The molecule has 134 valence electrons. The van der Waals surface area contributed by atoms with E-state index in [1.54, 1.807) is 13.0 Å². The maximum Gasteiger partial charge on any atom is 0.275 e. The van der Waals surface area contributed by atoms with Gasteiger partial charge in [-0.25, -0.2) is 22.2 Å². The average Bonchev–Trinajstić information content (AvgIpc) is 2.51. The van der Waals surface area contributed by atoms with Crippen molar-refractivity contribution in [3.05, 3.63) is 57.8 Å². The zero-order valence-electron chi connectivity index (χ0n) is 13.6. The van der Waals surface area contributed by atoms with E-state index in [1.165, 1.54) is 28.9 Å². The molecule has 0 aliphatic carbocycles. The number of halogens is 1. The Morgan fingerprint density at radius 2 is 1.96 bits per heavy atom. The lowest BCUT2D eigenvalue weighted by molar-refractivity contribution is 0.0946. The van der Waals surface area contributed by atoms with Crippen molar-refractivity contribution in [1.82, 2.24) is 19.8 Å². The third-order valence-corrected chi connectivity index (χ3v) is 3.91. The number of nitrogens with zero attached hydrogens (tertiary/aromatic N) is 2. The predicted octanol–water partition coefficient (Wildman–Crippen LogP) is -0.0410. The van der Waals surface area contributed by atoms with Crippen LogP contribution in [0.5, 0.6) is 0 Å². The SMILES string of the molecule is Cc1cc(=O)c(C(=O)NCCNS(C)(=O)=O)nn1-c1ccccc1F.